The minimum absolute atomic E-state index is 0.169. The molecule has 0 aliphatic heterocycles. The number of aromatic carboxylic acids is 1. The smallest absolute Gasteiger partial charge is 0.339 e. The van der Waals surface area contributed by atoms with Gasteiger partial charge in [-0.3, -0.25) is 4.79 Å². The van der Waals surface area contributed by atoms with Gasteiger partial charge >= 0.3 is 5.97 Å². The number of hydrogen-bond donors (Lipinski definition) is 4. The number of aromatic hydroxyl groups is 1. The fourth-order valence-corrected chi connectivity index (χ4v) is 1.18. The van der Waals surface area contributed by atoms with Crippen LogP contribution in [-0.2, 0) is 4.79 Å². The summed E-state index contributed by atoms with van der Waals surface area (Å²) in [6.45, 7) is 3.53. The van der Waals surface area contributed by atoms with Crippen molar-refractivity contribution in [2.45, 2.75) is 13.8 Å². The van der Waals surface area contributed by atoms with Gasteiger partial charge in [0.1, 0.15) is 11.3 Å². The predicted octanol–water partition coefficient (Wildman–Crippen LogP) is 1.01. The molecule has 0 spiro atoms. The van der Waals surface area contributed by atoms with Crippen molar-refractivity contribution >= 4 is 17.6 Å². The van der Waals surface area contributed by atoms with Gasteiger partial charge in [0.15, 0.2) is 0 Å². The number of amides is 1. The molecule has 1 rings (SSSR count). The lowest BCUT2D eigenvalue weighted by Crippen LogP contribution is -2.37. The molecule has 6 nitrogen and oxygen atoms in total. The second-order valence-corrected chi connectivity index (χ2v) is 4.58. The lowest BCUT2D eigenvalue weighted by molar-refractivity contribution is -0.123. The number of benzene rings is 1. The Balaban J connectivity index is 2.96. The van der Waals surface area contributed by atoms with Gasteiger partial charge in [0.25, 0.3) is 0 Å². The normalized spacial score (nSPS) is 11.1. The third-order valence-electron chi connectivity index (χ3n) is 2.61. The Morgan fingerprint density at radius 2 is 2.00 bits per heavy atom. The molecule has 5 N–H and O–H groups in total. The first kappa shape index (κ1) is 14.0. The number of phenols is 1. The zero-order chi connectivity index (χ0) is 13.9. The molecule has 1 aromatic rings. The lowest BCUT2D eigenvalue weighted by atomic mass is 9.92. The maximum Gasteiger partial charge on any atom is 0.339 e. The first-order valence-corrected chi connectivity index (χ1v) is 5.36. The molecule has 0 aliphatic rings. The number of carboxylic acids is 1. The number of carboxylic acid groups (broad SMARTS) is 1. The summed E-state index contributed by atoms with van der Waals surface area (Å²) >= 11 is 0. The van der Waals surface area contributed by atoms with Crippen molar-refractivity contribution in [1.82, 2.24) is 0 Å². The van der Waals surface area contributed by atoms with E-state index in [4.69, 9.17) is 10.8 Å². The minimum Gasteiger partial charge on any atom is -0.507 e. The maximum atomic E-state index is 11.8. The number of hydrogen-bond acceptors (Lipinski definition) is 4. The third-order valence-corrected chi connectivity index (χ3v) is 2.61. The van der Waals surface area contributed by atoms with Crippen molar-refractivity contribution in [1.29, 1.82) is 0 Å². The van der Waals surface area contributed by atoms with E-state index in [2.05, 4.69) is 5.32 Å². The maximum absolute atomic E-state index is 11.8. The molecule has 0 heterocycles. The largest absolute Gasteiger partial charge is 0.507 e. The Morgan fingerprint density at radius 1 is 1.39 bits per heavy atom. The SMILES string of the molecule is CC(C)(CN)C(=O)Nc1ccc(O)c(C(=O)O)c1. The van der Waals surface area contributed by atoms with Crippen LogP contribution in [0.1, 0.15) is 24.2 Å². The van der Waals surface area contributed by atoms with Crippen LogP contribution in [0.25, 0.3) is 0 Å². The molecule has 0 unspecified atom stereocenters. The summed E-state index contributed by atoms with van der Waals surface area (Å²) in [5, 5.41) is 20.7. The standard InChI is InChI=1S/C12H16N2O4/c1-12(2,6-13)11(18)14-7-3-4-9(15)8(5-7)10(16)17/h3-5,15H,6,13H2,1-2H3,(H,14,18)(H,16,17). The number of anilines is 1. The first-order chi connectivity index (χ1) is 8.27. The average molecular weight is 252 g/mol. The molecule has 18 heavy (non-hydrogen) atoms. The fraction of sp³-hybridized carbons (Fsp3) is 0.333. The van der Waals surface area contributed by atoms with E-state index in [-0.39, 0.29) is 23.8 Å². The van der Waals surface area contributed by atoms with Crippen LogP contribution in [0.15, 0.2) is 18.2 Å². The van der Waals surface area contributed by atoms with Gasteiger partial charge in [0, 0.05) is 12.2 Å². The van der Waals surface area contributed by atoms with Gasteiger partial charge in [-0.25, -0.2) is 4.79 Å². The molecule has 98 valence electrons. The number of carbonyl (C=O) groups is 2. The van der Waals surface area contributed by atoms with Crippen LogP contribution in [-0.4, -0.2) is 28.6 Å². The number of nitrogens with one attached hydrogen (secondary N) is 1. The number of nitrogens with two attached hydrogens (primary N) is 1. The van der Waals surface area contributed by atoms with Crippen molar-refractivity contribution < 1.29 is 19.8 Å². The fourth-order valence-electron chi connectivity index (χ4n) is 1.18. The lowest BCUT2D eigenvalue weighted by Gasteiger charge is -2.21. The van der Waals surface area contributed by atoms with Crippen LogP contribution in [0.5, 0.6) is 5.75 Å². The highest BCUT2D eigenvalue weighted by Crippen LogP contribution is 2.23. The highest BCUT2D eigenvalue weighted by atomic mass is 16.4. The number of carbonyl (C=O) groups excluding carboxylic acids is 1. The van der Waals surface area contributed by atoms with Crippen molar-refractivity contribution in [3.05, 3.63) is 23.8 Å². The molecule has 0 bridgehead atoms. The van der Waals surface area contributed by atoms with E-state index >= 15 is 0 Å². The Morgan fingerprint density at radius 3 is 2.50 bits per heavy atom. The molecule has 0 saturated heterocycles. The summed E-state index contributed by atoms with van der Waals surface area (Å²) in [6.07, 6.45) is 0. The van der Waals surface area contributed by atoms with Gasteiger partial charge in [-0.15, -0.1) is 0 Å². The van der Waals surface area contributed by atoms with Gasteiger partial charge in [-0.1, -0.05) is 0 Å². The molecule has 6 heteroatoms. The molecule has 0 atom stereocenters. The zero-order valence-corrected chi connectivity index (χ0v) is 10.2. The Kier molecular flexibility index (Phi) is 3.93. The molecule has 0 aliphatic carbocycles. The quantitative estimate of drug-likeness (QED) is 0.597. The number of rotatable bonds is 4. The molecule has 1 aromatic carbocycles. The summed E-state index contributed by atoms with van der Waals surface area (Å²) in [5.74, 6) is -1.92. The Bertz CT molecular complexity index is 483. The first-order valence-electron chi connectivity index (χ1n) is 5.36. The van der Waals surface area contributed by atoms with E-state index in [1.165, 1.54) is 18.2 Å². The molecule has 0 saturated carbocycles. The van der Waals surface area contributed by atoms with Gasteiger partial charge in [-0.2, -0.15) is 0 Å². The third kappa shape index (κ3) is 2.98. The van der Waals surface area contributed by atoms with E-state index in [9.17, 15) is 14.7 Å². The van der Waals surface area contributed by atoms with Gasteiger partial charge < -0.3 is 21.3 Å². The summed E-state index contributed by atoms with van der Waals surface area (Å²) in [5.41, 5.74) is 4.76. The van der Waals surface area contributed by atoms with E-state index < -0.39 is 11.4 Å². The molecule has 0 radical (unpaired) electrons. The molecular formula is C12H16N2O4. The Hall–Kier alpha value is -2.08. The molecule has 0 fully saturated rings. The minimum atomic E-state index is -1.26. The Labute approximate surface area is 104 Å². The van der Waals surface area contributed by atoms with Crippen LogP contribution in [0.2, 0.25) is 0 Å². The molecule has 1 amide bonds. The van der Waals surface area contributed by atoms with Crippen LogP contribution in [0.3, 0.4) is 0 Å². The zero-order valence-electron chi connectivity index (χ0n) is 10.2. The molecule has 0 aromatic heterocycles. The van der Waals surface area contributed by atoms with Crippen molar-refractivity contribution in [3.63, 3.8) is 0 Å². The van der Waals surface area contributed by atoms with Crippen LogP contribution >= 0.6 is 0 Å². The summed E-state index contributed by atoms with van der Waals surface area (Å²) in [4.78, 5) is 22.7. The summed E-state index contributed by atoms with van der Waals surface area (Å²) in [7, 11) is 0. The second kappa shape index (κ2) is 5.05. The van der Waals surface area contributed by atoms with Crippen molar-refractivity contribution in [2.24, 2.45) is 11.1 Å². The molecular weight excluding hydrogens is 236 g/mol. The van der Waals surface area contributed by atoms with E-state index in [0.717, 1.165) is 0 Å². The summed E-state index contributed by atoms with van der Waals surface area (Å²) in [6, 6.07) is 3.84. The van der Waals surface area contributed by atoms with E-state index in [1.54, 1.807) is 13.8 Å². The van der Waals surface area contributed by atoms with Gasteiger partial charge in [0.05, 0.1) is 5.41 Å². The van der Waals surface area contributed by atoms with E-state index in [1.807, 2.05) is 0 Å². The van der Waals surface area contributed by atoms with Crippen LogP contribution in [0, 0.1) is 5.41 Å². The van der Waals surface area contributed by atoms with Crippen molar-refractivity contribution in [2.75, 3.05) is 11.9 Å². The van der Waals surface area contributed by atoms with Crippen LogP contribution in [0.4, 0.5) is 5.69 Å². The monoisotopic (exact) mass is 252 g/mol. The topological polar surface area (TPSA) is 113 Å². The highest BCUT2D eigenvalue weighted by molar-refractivity contribution is 5.97. The van der Waals surface area contributed by atoms with Gasteiger partial charge in [-0.05, 0) is 32.0 Å². The van der Waals surface area contributed by atoms with Crippen molar-refractivity contribution in [3.8, 4) is 5.75 Å². The van der Waals surface area contributed by atoms with E-state index in [0.29, 0.717) is 5.69 Å². The second-order valence-electron chi connectivity index (χ2n) is 4.58. The average Bonchev–Trinajstić information content (AvgIpc) is 2.31. The summed E-state index contributed by atoms with van der Waals surface area (Å²) < 4.78 is 0. The predicted molar refractivity (Wildman–Crippen MR) is 66.5 cm³/mol. The van der Waals surface area contributed by atoms with Crippen LogP contribution < -0.4 is 11.1 Å². The van der Waals surface area contributed by atoms with Gasteiger partial charge in [0.2, 0.25) is 5.91 Å². The highest BCUT2D eigenvalue weighted by Gasteiger charge is 2.26.